The molecule has 5 heteroatoms. The van der Waals surface area contributed by atoms with E-state index in [0.29, 0.717) is 0 Å². The number of ether oxygens (including phenoxy) is 1. The summed E-state index contributed by atoms with van der Waals surface area (Å²) in [5.41, 5.74) is 0. The SMILES string of the molecule is CO/C(C)=C\C(=O)CC(F)(F)F. The number of methoxy groups -OCH3 is 1. The van der Waals surface area contributed by atoms with Crippen LogP contribution in [0.1, 0.15) is 13.3 Å². The number of carbonyl (C=O) groups is 1. The molecular formula is C7H9F3O2. The van der Waals surface area contributed by atoms with Gasteiger partial charge in [-0.05, 0) is 6.92 Å². The molecule has 2 nitrogen and oxygen atoms in total. The summed E-state index contributed by atoms with van der Waals surface area (Å²) >= 11 is 0. The Morgan fingerprint density at radius 2 is 2.00 bits per heavy atom. The third-order valence-corrected chi connectivity index (χ3v) is 1.06. The van der Waals surface area contributed by atoms with Crippen molar-refractivity contribution in [3.05, 3.63) is 11.8 Å². The molecule has 0 aromatic rings. The third kappa shape index (κ3) is 5.76. The molecule has 0 radical (unpaired) electrons. The van der Waals surface area contributed by atoms with Crippen molar-refractivity contribution >= 4 is 5.78 Å². The normalized spacial score (nSPS) is 12.9. The van der Waals surface area contributed by atoms with Gasteiger partial charge in [0.2, 0.25) is 0 Å². The molecule has 0 amide bonds. The van der Waals surface area contributed by atoms with Crippen LogP contribution >= 0.6 is 0 Å². The maximum Gasteiger partial charge on any atom is 0.396 e. The van der Waals surface area contributed by atoms with E-state index in [1.807, 2.05) is 0 Å². The lowest BCUT2D eigenvalue weighted by Crippen LogP contribution is -2.13. The highest BCUT2D eigenvalue weighted by Gasteiger charge is 2.30. The fourth-order valence-corrected chi connectivity index (χ4v) is 0.534. The summed E-state index contributed by atoms with van der Waals surface area (Å²) in [5.74, 6) is -0.828. The van der Waals surface area contributed by atoms with E-state index in [0.717, 1.165) is 6.08 Å². The van der Waals surface area contributed by atoms with Crippen LogP contribution in [0, 0.1) is 0 Å². The zero-order valence-electron chi connectivity index (χ0n) is 6.73. The Morgan fingerprint density at radius 1 is 1.50 bits per heavy atom. The van der Waals surface area contributed by atoms with Gasteiger partial charge >= 0.3 is 6.18 Å². The standard InChI is InChI=1S/C7H9F3O2/c1-5(12-2)3-6(11)4-7(8,9)10/h3H,4H2,1-2H3/b5-3-. The lowest BCUT2D eigenvalue weighted by Gasteiger charge is -2.02. The topological polar surface area (TPSA) is 26.3 Å². The zero-order valence-corrected chi connectivity index (χ0v) is 6.73. The maximum atomic E-state index is 11.6. The molecule has 0 aromatic carbocycles. The maximum absolute atomic E-state index is 11.6. The van der Waals surface area contributed by atoms with E-state index >= 15 is 0 Å². The zero-order chi connectivity index (χ0) is 9.78. The molecule has 0 heterocycles. The Labute approximate surface area is 68.0 Å². The summed E-state index contributed by atoms with van der Waals surface area (Å²) in [7, 11) is 1.28. The molecule has 0 bridgehead atoms. The molecule has 12 heavy (non-hydrogen) atoms. The van der Waals surface area contributed by atoms with Crippen molar-refractivity contribution in [1.29, 1.82) is 0 Å². The van der Waals surface area contributed by atoms with E-state index in [1.54, 1.807) is 0 Å². The van der Waals surface area contributed by atoms with Gasteiger partial charge in [0.15, 0.2) is 5.78 Å². The third-order valence-electron chi connectivity index (χ3n) is 1.06. The van der Waals surface area contributed by atoms with E-state index in [-0.39, 0.29) is 5.76 Å². The molecule has 70 valence electrons. The number of ketones is 1. The van der Waals surface area contributed by atoms with Gasteiger partial charge in [-0.25, -0.2) is 0 Å². The quantitative estimate of drug-likeness (QED) is 0.493. The van der Waals surface area contributed by atoms with Crippen molar-refractivity contribution < 1.29 is 22.7 Å². The highest BCUT2D eigenvalue weighted by molar-refractivity contribution is 5.90. The highest BCUT2D eigenvalue weighted by Crippen LogP contribution is 2.20. The molecule has 0 atom stereocenters. The molecule has 0 spiro atoms. The van der Waals surface area contributed by atoms with Crippen LogP contribution in [0.2, 0.25) is 0 Å². The summed E-state index contributed by atoms with van der Waals surface area (Å²) in [6.07, 6.45) is -5.05. The molecule has 0 N–H and O–H groups in total. The first-order chi connectivity index (χ1) is 5.35. The van der Waals surface area contributed by atoms with Gasteiger partial charge in [0, 0.05) is 6.08 Å². The molecule has 0 saturated heterocycles. The average molecular weight is 182 g/mol. The van der Waals surface area contributed by atoms with Crippen molar-refractivity contribution in [1.82, 2.24) is 0 Å². The minimum atomic E-state index is -4.44. The van der Waals surface area contributed by atoms with Crippen LogP contribution in [0.3, 0.4) is 0 Å². The average Bonchev–Trinajstić information content (AvgIpc) is 1.82. The van der Waals surface area contributed by atoms with Crippen LogP contribution in [-0.2, 0) is 9.53 Å². The first-order valence-corrected chi connectivity index (χ1v) is 3.17. The summed E-state index contributed by atoms with van der Waals surface area (Å²) in [6, 6.07) is 0. The Hall–Kier alpha value is -1.00. The van der Waals surface area contributed by atoms with Gasteiger partial charge in [-0.1, -0.05) is 0 Å². The van der Waals surface area contributed by atoms with Gasteiger partial charge in [0.1, 0.15) is 6.42 Å². The monoisotopic (exact) mass is 182 g/mol. The largest absolute Gasteiger partial charge is 0.501 e. The van der Waals surface area contributed by atoms with Gasteiger partial charge in [0.05, 0.1) is 12.9 Å². The van der Waals surface area contributed by atoms with Gasteiger partial charge in [-0.3, -0.25) is 4.79 Å². The summed E-state index contributed by atoms with van der Waals surface area (Å²) in [4.78, 5) is 10.6. The van der Waals surface area contributed by atoms with E-state index in [4.69, 9.17) is 0 Å². The Bertz CT molecular complexity index is 193. The van der Waals surface area contributed by atoms with Gasteiger partial charge in [0.25, 0.3) is 0 Å². The van der Waals surface area contributed by atoms with Crippen molar-refractivity contribution in [2.75, 3.05) is 7.11 Å². The number of rotatable bonds is 3. The number of hydrogen-bond acceptors (Lipinski definition) is 2. The number of alkyl halides is 3. The lowest BCUT2D eigenvalue weighted by atomic mass is 10.2. The molecule has 0 aromatic heterocycles. The molecule has 0 unspecified atom stereocenters. The smallest absolute Gasteiger partial charge is 0.396 e. The number of hydrogen-bond donors (Lipinski definition) is 0. The van der Waals surface area contributed by atoms with Crippen molar-refractivity contribution in [3.63, 3.8) is 0 Å². The predicted molar refractivity (Wildman–Crippen MR) is 36.4 cm³/mol. The number of carbonyl (C=O) groups excluding carboxylic acids is 1. The summed E-state index contributed by atoms with van der Waals surface area (Å²) < 4.78 is 39.2. The highest BCUT2D eigenvalue weighted by atomic mass is 19.4. The van der Waals surface area contributed by atoms with Crippen molar-refractivity contribution in [2.45, 2.75) is 19.5 Å². The second kappa shape index (κ2) is 4.13. The first-order valence-electron chi connectivity index (χ1n) is 3.17. The van der Waals surface area contributed by atoms with E-state index in [9.17, 15) is 18.0 Å². The van der Waals surface area contributed by atoms with Gasteiger partial charge in [-0.2, -0.15) is 13.2 Å². The fourth-order valence-electron chi connectivity index (χ4n) is 0.534. The molecule has 0 rings (SSSR count). The molecule has 0 aliphatic carbocycles. The molecule has 0 fully saturated rings. The second-order valence-corrected chi connectivity index (χ2v) is 2.22. The van der Waals surface area contributed by atoms with E-state index in [1.165, 1.54) is 14.0 Å². The van der Waals surface area contributed by atoms with E-state index < -0.39 is 18.4 Å². The first kappa shape index (κ1) is 11.0. The fraction of sp³-hybridized carbons (Fsp3) is 0.571. The second-order valence-electron chi connectivity index (χ2n) is 2.22. The van der Waals surface area contributed by atoms with Crippen molar-refractivity contribution in [3.8, 4) is 0 Å². The predicted octanol–water partition coefficient (Wildman–Crippen LogP) is 2.06. The number of halogens is 3. The van der Waals surface area contributed by atoms with Crippen LogP contribution in [0.25, 0.3) is 0 Å². The minimum absolute atomic E-state index is 0.171. The van der Waals surface area contributed by atoms with Crippen molar-refractivity contribution in [2.24, 2.45) is 0 Å². The molecule has 0 saturated carbocycles. The Morgan fingerprint density at radius 3 is 2.33 bits per heavy atom. The lowest BCUT2D eigenvalue weighted by molar-refractivity contribution is -0.149. The van der Waals surface area contributed by atoms with Crippen LogP contribution in [0.4, 0.5) is 13.2 Å². The van der Waals surface area contributed by atoms with E-state index in [2.05, 4.69) is 4.74 Å². The Balaban J connectivity index is 4.08. The van der Waals surface area contributed by atoms with Gasteiger partial charge in [-0.15, -0.1) is 0 Å². The Kier molecular flexibility index (Phi) is 3.79. The summed E-state index contributed by atoms with van der Waals surface area (Å²) in [6.45, 7) is 1.41. The molecular weight excluding hydrogens is 173 g/mol. The number of allylic oxidation sites excluding steroid dienone is 2. The van der Waals surface area contributed by atoms with Crippen LogP contribution < -0.4 is 0 Å². The van der Waals surface area contributed by atoms with Crippen LogP contribution in [0.15, 0.2) is 11.8 Å². The molecule has 0 aliphatic heterocycles. The minimum Gasteiger partial charge on any atom is -0.501 e. The summed E-state index contributed by atoms with van der Waals surface area (Å²) in [5, 5.41) is 0. The van der Waals surface area contributed by atoms with Crippen LogP contribution in [0.5, 0.6) is 0 Å². The van der Waals surface area contributed by atoms with Crippen LogP contribution in [-0.4, -0.2) is 19.1 Å². The van der Waals surface area contributed by atoms with Gasteiger partial charge < -0.3 is 4.74 Å². The molecule has 0 aliphatic rings.